The van der Waals surface area contributed by atoms with Crippen molar-refractivity contribution in [3.63, 3.8) is 0 Å². The molecule has 0 aliphatic heterocycles. The number of allylic oxidation sites excluding steroid dienone is 2. The van der Waals surface area contributed by atoms with Crippen molar-refractivity contribution in [1.29, 1.82) is 0 Å². The van der Waals surface area contributed by atoms with Crippen LogP contribution in [0.5, 0.6) is 0 Å². The van der Waals surface area contributed by atoms with Gasteiger partial charge in [-0.2, -0.15) is 18.9 Å². The molecule has 0 aromatic carbocycles. The molecule has 0 spiro atoms. The molecule has 110 heavy (non-hydrogen) atoms. The Labute approximate surface area is 679 Å². The second-order valence-electron chi connectivity index (χ2n) is 35.6. The average molecular weight is 1560 g/mol. The van der Waals surface area contributed by atoms with E-state index < -0.39 is 0 Å². The number of hydrogen-bond acceptors (Lipinski definition) is 15. The number of nitrogens with zero attached hydrogens (tertiary/aromatic N) is 13. The average Bonchev–Trinajstić information content (AvgIpc) is 1.60. The Hall–Kier alpha value is -9.62. The van der Waals surface area contributed by atoms with Crippen LogP contribution in [-0.2, 0) is 54.0 Å². The summed E-state index contributed by atoms with van der Waals surface area (Å²) < 4.78 is 21.1. The molecule has 0 bridgehead atoms. The molecule has 0 amide bonds. The van der Waals surface area contributed by atoms with Crippen LogP contribution >= 0.6 is 45.7 Å². The van der Waals surface area contributed by atoms with Crippen LogP contribution in [0, 0.1) is 97.7 Å². The van der Waals surface area contributed by atoms with Crippen molar-refractivity contribution in [3.05, 3.63) is 181 Å². The number of rotatable bonds is 2. The highest BCUT2D eigenvalue weighted by Crippen LogP contribution is 2.35. The van der Waals surface area contributed by atoms with Crippen molar-refractivity contribution in [2.75, 3.05) is 0 Å². The Morgan fingerprint density at radius 3 is 1.38 bits per heavy atom. The molecule has 0 saturated heterocycles. The fraction of sp³-hybridized carbons (Fsp3) is 0.473. The molecule has 19 heteroatoms. The molecule has 1 aliphatic carbocycles. The monoisotopic (exact) mass is 1560 g/mol. The third-order valence-corrected chi connectivity index (χ3v) is 19.4. The summed E-state index contributed by atoms with van der Waals surface area (Å²) in [6.07, 6.45) is 58.6. The van der Waals surface area contributed by atoms with Gasteiger partial charge in [0.15, 0.2) is 27.3 Å². The third-order valence-electron chi connectivity index (χ3n) is 15.5. The van der Waals surface area contributed by atoms with E-state index in [0.29, 0.717) is 23.1 Å². The lowest BCUT2D eigenvalue weighted by Crippen LogP contribution is -2.24. The zero-order valence-corrected chi connectivity index (χ0v) is 74.8. The van der Waals surface area contributed by atoms with E-state index in [9.17, 15) is 4.79 Å². The van der Waals surface area contributed by atoms with Gasteiger partial charge in [0.05, 0.1) is 22.5 Å². The Kier molecular flexibility index (Phi) is 38.0. The lowest BCUT2D eigenvalue weighted by atomic mass is 9.74. The first-order valence-electron chi connectivity index (χ1n) is 36.1. The topological polar surface area (TPSA) is 166 Å². The summed E-state index contributed by atoms with van der Waals surface area (Å²) >= 11 is 6.04. The van der Waals surface area contributed by atoms with Crippen molar-refractivity contribution < 1.29 is 9.32 Å². The molecule has 10 rings (SSSR count). The zero-order valence-electron chi connectivity index (χ0n) is 71.5. The molecule has 9 aromatic rings. The van der Waals surface area contributed by atoms with Gasteiger partial charge in [-0.05, 0) is 218 Å². The van der Waals surface area contributed by atoms with Gasteiger partial charge in [0.25, 0.3) is 0 Å². The number of ketones is 1. The molecular formula is C91H123N13O2S4. The predicted molar refractivity (Wildman–Crippen MR) is 469 cm³/mol. The molecule has 1 unspecified atom stereocenters. The first-order valence-corrected chi connectivity index (χ1v) is 39.4. The SMILES string of the molecule is C#Cc1cc(C(C)(C)C)on1.C#Cc1cc(C(C)(C)C)sn1.C#Cc1ccn(C(C)(C)C)n1.C#Cc1nc(C(C)(C)C)cs1.C#Cc1ncc(C(C)(C)C)s1.C#Cc1nccn1C(C)(C)C.C#Cc1nscc1C(C)(C)C.C=Cc1ccn(C(C)(C)C)n1.C=Cc1nccn1C(C)(C)C.CC(C)(C)C1CC=CC(=O)C1. The van der Waals surface area contributed by atoms with Crippen LogP contribution in [0.4, 0.5) is 0 Å². The standard InChI is InChI=1S/C10H16O.C9H14N2.C9H12N2.C9H14N2.C9H12N2.C9H11NO.4C9H11NS/c1-10(2,3)8-5-4-6-9(11)7-8;2*1-5-8-10-6-7-11(8)9(2,3)4;2*1-5-8-6-7-11(10-8)9(2,3)4;1-5-7-6-8(11-10-7)9(2,3)4;1-5-8-10-7(6-11-8)9(2,3)4;1-5-8-10-6-7(11-8)9(2,3)4;1-5-8-7(6-11-10-8)9(2,3)4;1-5-7-6-8(11-10-7)9(2,3)4/h4,6,8H,5,7H2,1-3H3;5-7H,1H2,2-4H3;1,6-7H,2-4H3;5-7H,1H2,2-4H3;1,6-7H,2-4H3;5*1,6H,2-4H3. The van der Waals surface area contributed by atoms with Crippen LogP contribution in [0.1, 0.15) is 297 Å². The van der Waals surface area contributed by atoms with E-state index in [4.69, 9.17) is 49.5 Å². The Balaban J connectivity index is 0.000000611. The second kappa shape index (κ2) is 42.5. The summed E-state index contributed by atoms with van der Waals surface area (Å²) in [5.74, 6) is 20.9. The van der Waals surface area contributed by atoms with Crippen LogP contribution in [0.2, 0.25) is 0 Å². The highest BCUT2D eigenvalue weighted by molar-refractivity contribution is 7.12. The van der Waals surface area contributed by atoms with Gasteiger partial charge >= 0.3 is 0 Å². The normalized spacial score (nSPS) is 12.6. The molecule has 0 radical (unpaired) electrons. The quantitative estimate of drug-likeness (QED) is 0.151. The van der Waals surface area contributed by atoms with Gasteiger partial charge in [-0.15, -0.1) is 67.6 Å². The van der Waals surface area contributed by atoms with Gasteiger partial charge < -0.3 is 13.7 Å². The fourth-order valence-corrected chi connectivity index (χ4v) is 11.9. The summed E-state index contributed by atoms with van der Waals surface area (Å²) in [5, 5.41) is 17.8. The number of thiazole rings is 2. The molecule has 588 valence electrons. The number of carbonyl (C=O) groups excluding carboxylic acids is 1. The van der Waals surface area contributed by atoms with E-state index in [1.165, 1.54) is 49.7 Å². The lowest BCUT2D eigenvalue weighted by Gasteiger charge is -2.30. The highest BCUT2D eigenvalue weighted by Gasteiger charge is 2.28. The molecule has 0 saturated carbocycles. The highest BCUT2D eigenvalue weighted by atomic mass is 32.1. The molecule has 1 atom stereocenters. The number of terminal acetylenes is 7. The summed E-state index contributed by atoms with van der Waals surface area (Å²) in [6, 6.07) is 7.56. The number of carbonyl (C=O) groups is 1. The largest absolute Gasteiger partial charge is 0.360 e. The Bertz CT molecular complexity index is 4230. The van der Waals surface area contributed by atoms with Crippen molar-refractivity contribution in [2.45, 2.75) is 270 Å². The van der Waals surface area contributed by atoms with Crippen LogP contribution < -0.4 is 0 Å². The molecule has 15 nitrogen and oxygen atoms in total. The summed E-state index contributed by atoms with van der Waals surface area (Å²) in [7, 11) is 0. The van der Waals surface area contributed by atoms with Gasteiger partial charge in [0.1, 0.15) is 28.7 Å². The summed E-state index contributed by atoms with van der Waals surface area (Å²) in [6.45, 7) is 71.1. The molecule has 9 aromatic heterocycles. The maximum atomic E-state index is 11.0. The van der Waals surface area contributed by atoms with Crippen LogP contribution in [-0.4, -0.2) is 68.3 Å². The maximum absolute atomic E-state index is 11.0. The van der Waals surface area contributed by atoms with E-state index in [0.717, 1.165) is 57.2 Å². The number of imidazole rings is 2. The van der Waals surface area contributed by atoms with Gasteiger partial charge in [-0.25, -0.2) is 19.9 Å². The van der Waals surface area contributed by atoms with Crippen molar-refractivity contribution in [1.82, 2.24) is 62.5 Å². The Morgan fingerprint density at radius 1 is 0.527 bits per heavy atom. The summed E-state index contributed by atoms with van der Waals surface area (Å²) in [4.78, 5) is 30.1. The maximum Gasteiger partial charge on any atom is 0.185 e. The summed E-state index contributed by atoms with van der Waals surface area (Å²) in [5.41, 5.74) is 7.05. The van der Waals surface area contributed by atoms with E-state index in [1.54, 1.807) is 48.0 Å². The van der Waals surface area contributed by atoms with Crippen LogP contribution in [0.3, 0.4) is 0 Å². The smallest absolute Gasteiger partial charge is 0.185 e. The van der Waals surface area contributed by atoms with Crippen LogP contribution in [0.15, 0.2) is 108 Å². The molecule has 0 N–H and O–H groups in total. The van der Waals surface area contributed by atoms with Crippen molar-refractivity contribution in [3.8, 4) is 86.4 Å². The second-order valence-corrected chi connectivity index (χ2v) is 39.0. The molecule has 9 heterocycles. The fourth-order valence-electron chi connectivity index (χ4n) is 8.64. The number of hydrogen-bond donors (Lipinski definition) is 0. The minimum atomic E-state index is -0.0118. The minimum absolute atomic E-state index is 0.0118. The van der Waals surface area contributed by atoms with Gasteiger partial charge in [-0.3, -0.25) is 14.2 Å². The zero-order chi connectivity index (χ0) is 84.8. The van der Waals surface area contributed by atoms with E-state index in [-0.39, 0.29) is 60.4 Å². The molecule has 1 aliphatic rings. The van der Waals surface area contributed by atoms with Gasteiger partial charge in [-0.1, -0.05) is 149 Å². The Morgan fingerprint density at radius 2 is 1.07 bits per heavy atom. The van der Waals surface area contributed by atoms with Crippen molar-refractivity contribution in [2.24, 2.45) is 11.3 Å². The first kappa shape index (κ1) is 98.4. The molecular weight excluding hydrogens is 1440 g/mol. The third kappa shape index (κ3) is 35.4. The first-order chi connectivity index (χ1) is 50.4. The van der Waals surface area contributed by atoms with Crippen LogP contribution in [0.25, 0.3) is 12.2 Å². The van der Waals surface area contributed by atoms with Crippen molar-refractivity contribution >= 4 is 63.7 Å². The number of aromatic nitrogens is 13. The predicted octanol–water partition coefficient (Wildman–Crippen LogP) is 22.0. The molecule has 0 fully saturated rings. The van der Waals surface area contributed by atoms with Gasteiger partial charge in [0.2, 0.25) is 0 Å². The van der Waals surface area contributed by atoms with E-state index in [1.807, 2.05) is 101 Å². The van der Waals surface area contributed by atoms with Gasteiger partial charge in [0, 0.05) is 104 Å². The van der Waals surface area contributed by atoms with E-state index in [2.05, 4.69) is 290 Å². The minimum Gasteiger partial charge on any atom is -0.360 e. The lowest BCUT2D eigenvalue weighted by molar-refractivity contribution is -0.116. The van der Waals surface area contributed by atoms with E-state index >= 15 is 0 Å².